The first-order chi connectivity index (χ1) is 44.3. The van der Waals surface area contributed by atoms with Gasteiger partial charge in [-0.25, -0.2) is 0 Å². The van der Waals surface area contributed by atoms with Crippen LogP contribution in [0.3, 0.4) is 0 Å². The molecule has 91 heavy (non-hydrogen) atoms. The number of rotatable bonds is 59. The van der Waals surface area contributed by atoms with Gasteiger partial charge in [-0.2, -0.15) is 0 Å². The van der Waals surface area contributed by atoms with E-state index in [0.717, 1.165) is 44.9 Å². The first kappa shape index (κ1) is 83.8. The van der Waals surface area contributed by atoms with Gasteiger partial charge in [0.2, 0.25) is 5.91 Å². The van der Waals surface area contributed by atoms with Gasteiger partial charge in [0.1, 0.15) is 73.2 Å². The van der Waals surface area contributed by atoms with Crippen molar-refractivity contribution in [2.45, 2.75) is 413 Å². The summed E-state index contributed by atoms with van der Waals surface area (Å²) in [6.07, 6.45) is 34.4. The van der Waals surface area contributed by atoms with E-state index in [0.29, 0.717) is 12.8 Å². The summed E-state index contributed by atoms with van der Waals surface area (Å²) in [5.41, 5.74) is 0. The van der Waals surface area contributed by atoms with E-state index >= 15 is 0 Å². The van der Waals surface area contributed by atoms with E-state index in [1.165, 1.54) is 231 Å². The highest BCUT2D eigenvalue weighted by atomic mass is 16.8. The maximum Gasteiger partial charge on any atom is 0.220 e. The number of aliphatic hydroxyl groups is 11. The molecule has 1 amide bonds. The first-order valence-corrected chi connectivity index (χ1v) is 37.4. The molecule has 0 radical (unpaired) electrons. The number of hydrogen-bond donors (Lipinski definition) is 12. The standard InChI is InChI=1S/C72H137NO18/c1-3-5-7-9-11-13-15-17-19-21-22-23-24-25-26-27-28-29-30-31-32-34-36-38-40-42-44-46-48-50-60(78)73-55(56(77)49-47-45-43-41-39-37-35-33-20-18-16-14-12-10-8-6-4-2)54-86-70-66(84)63(81)68(58(52-75)88-70)91-72-67(85)64(82)69(59(53-76)89-72)90-71-65(83)62(80)61(79)57(51-74)87-71/h21-22,55-59,61-72,74-77,79-85H,3-20,23-54H2,1-2H3,(H,73,78)/b22-21-. The molecule has 12 N–H and O–H groups in total. The molecule has 19 nitrogen and oxygen atoms in total. The predicted octanol–water partition coefficient (Wildman–Crippen LogP) is 10.8. The van der Waals surface area contributed by atoms with E-state index in [1.54, 1.807) is 0 Å². The monoisotopic (exact) mass is 1300 g/mol. The van der Waals surface area contributed by atoms with E-state index in [-0.39, 0.29) is 18.9 Å². The second-order valence-electron chi connectivity index (χ2n) is 27.1. The van der Waals surface area contributed by atoms with Gasteiger partial charge < -0.3 is 89.9 Å². The lowest BCUT2D eigenvalue weighted by atomic mass is 9.96. The Morgan fingerprint density at radius 3 is 1.07 bits per heavy atom. The molecular formula is C72H137NO18. The number of carbonyl (C=O) groups excluding carboxylic acids is 1. The summed E-state index contributed by atoms with van der Waals surface area (Å²) >= 11 is 0. The van der Waals surface area contributed by atoms with Crippen LogP contribution in [0.25, 0.3) is 0 Å². The fourth-order valence-corrected chi connectivity index (χ4v) is 13.0. The molecule has 3 heterocycles. The molecule has 538 valence electrons. The second-order valence-corrected chi connectivity index (χ2v) is 27.1. The zero-order valence-electron chi connectivity index (χ0n) is 57.1. The lowest BCUT2D eigenvalue weighted by Crippen LogP contribution is -2.66. The van der Waals surface area contributed by atoms with Crippen molar-refractivity contribution in [1.29, 1.82) is 0 Å². The molecule has 0 bridgehead atoms. The van der Waals surface area contributed by atoms with E-state index in [4.69, 9.17) is 28.4 Å². The fraction of sp³-hybridized carbons (Fsp3) is 0.958. The summed E-state index contributed by atoms with van der Waals surface area (Å²) < 4.78 is 34.5. The topological polar surface area (TPSA) is 307 Å². The molecule has 0 aromatic carbocycles. The number of nitrogens with one attached hydrogen (secondary N) is 1. The third-order valence-electron chi connectivity index (χ3n) is 19.1. The lowest BCUT2D eigenvalue weighted by molar-refractivity contribution is -0.379. The Morgan fingerprint density at radius 1 is 0.385 bits per heavy atom. The van der Waals surface area contributed by atoms with Crippen LogP contribution < -0.4 is 5.32 Å². The van der Waals surface area contributed by atoms with Gasteiger partial charge in [-0.15, -0.1) is 0 Å². The summed E-state index contributed by atoms with van der Waals surface area (Å²) in [6.45, 7) is 1.84. The van der Waals surface area contributed by atoms with Crippen molar-refractivity contribution in [2.24, 2.45) is 0 Å². The molecule has 0 aliphatic carbocycles. The molecule has 3 aliphatic rings. The van der Waals surface area contributed by atoms with Gasteiger partial charge in [0.05, 0.1) is 38.6 Å². The molecule has 3 rings (SSSR count). The van der Waals surface area contributed by atoms with Gasteiger partial charge in [0.15, 0.2) is 18.9 Å². The Bertz CT molecular complexity index is 1700. The summed E-state index contributed by atoms with van der Waals surface area (Å²) in [7, 11) is 0. The number of aliphatic hydroxyl groups excluding tert-OH is 11. The van der Waals surface area contributed by atoms with Crippen molar-refractivity contribution in [1.82, 2.24) is 5.32 Å². The van der Waals surface area contributed by atoms with E-state index in [1.807, 2.05) is 0 Å². The van der Waals surface area contributed by atoms with E-state index < -0.39 is 124 Å². The van der Waals surface area contributed by atoms with Gasteiger partial charge in [0, 0.05) is 6.42 Å². The molecule has 3 saturated heterocycles. The van der Waals surface area contributed by atoms with Crippen LogP contribution in [0.2, 0.25) is 0 Å². The van der Waals surface area contributed by atoms with Gasteiger partial charge in [0.25, 0.3) is 0 Å². The van der Waals surface area contributed by atoms with Gasteiger partial charge in [-0.05, 0) is 38.5 Å². The third-order valence-corrected chi connectivity index (χ3v) is 19.1. The van der Waals surface area contributed by atoms with Crippen molar-refractivity contribution in [3.63, 3.8) is 0 Å². The molecule has 19 heteroatoms. The van der Waals surface area contributed by atoms with Crippen LogP contribution >= 0.6 is 0 Å². The quantitative estimate of drug-likeness (QED) is 0.0199. The third kappa shape index (κ3) is 36.1. The summed E-state index contributed by atoms with van der Waals surface area (Å²) in [6, 6.07) is -0.884. The van der Waals surface area contributed by atoms with Crippen molar-refractivity contribution in [3.05, 3.63) is 12.2 Å². The minimum Gasteiger partial charge on any atom is -0.394 e. The lowest BCUT2D eigenvalue weighted by Gasteiger charge is -2.48. The van der Waals surface area contributed by atoms with Crippen LogP contribution in [-0.4, -0.2) is 193 Å². The number of carbonyl (C=O) groups is 1. The molecule has 3 aliphatic heterocycles. The van der Waals surface area contributed by atoms with Crippen molar-refractivity contribution >= 4 is 5.91 Å². The van der Waals surface area contributed by atoms with Crippen LogP contribution in [0, 0.1) is 0 Å². The second kappa shape index (κ2) is 54.5. The molecule has 3 fully saturated rings. The Morgan fingerprint density at radius 2 is 0.692 bits per heavy atom. The first-order valence-electron chi connectivity index (χ1n) is 37.4. The average Bonchev–Trinajstić information content (AvgIpc) is 0.884. The Hall–Kier alpha value is -1.47. The van der Waals surface area contributed by atoms with Crippen LogP contribution in [0.15, 0.2) is 12.2 Å². The van der Waals surface area contributed by atoms with Crippen molar-refractivity contribution < 1.29 is 89.4 Å². The fourth-order valence-electron chi connectivity index (χ4n) is 13.0. The minimum atomic E-state index is -1.97. The van der Waals surface area contributed by atoms with Crippen LogP contribution in [0.4, 0.5) is 0 Å². The SMILES string of the molecule is CCCCCCCCCC/C=C\CCCCCCCCCCCCCCCCCCCC(=O)NC(COC1OC(CO)C(OC2OC(CO)C(OC3OC(CO)C(O)C(O)C3O)C(O)C2O)C(O)C1O)C(O)CCCCCCCCCCCCCCCCCCC. The van der Waals surface area contributed by atoms with E-state index in [9.17, 15) is 61.0 Å². The zero-order valence-corrected chi connectivity index (χ0v) is 57.1. The average molecular weight is 1300 g/mol. The van der Waals surface area contributed by atoms with Crippen LogP contribution in [0.5, 0.6) is 0 Å². The predicted molar refractivity (Wildman–Crippen MR) is 356 cm³/mol. The molecule has 0 aromatic heterocycles. The van der Waals surface area contributed by atoms with Crippen LogP contribution in [-0.2, 0) is 33.2 Å². The highest BCUT2D eigenvalue weighted by Gasteiger charge is 2.53. The molecule has 0 saturated carbocycles. The van der Waals surface area contributed by atoms with E-state index in [2.05, 4.69) is 31.3 Å². The minimum absolute atomic E-state index is 0.236. The molecular weight excluding hydrogens is 1170 g/mol. The van der Waals surface area contributed by atoms with Gasteiger partial charge >= 0.3 is 0 Å². The van der Waals surface area contributed by atoms with Gasteiger partial charge in [-0.1, -0.05) is 276 Å². The van der Waals surface area contributed by atoms with Crippen molar-refractivity contribution in [2.75, 3.05) is 26.4 Å². The number of amides is 1. The number of ether oxygens (including phenoxy) is 6. The van der Waals surface area contributed by atoms with Crippen molar-refractivity contribution in [3.8, 4) is 0 Å². The Labute approximate surface area is 550 Å². The summed E-state index contributed by atoms with van der Waals surface area (Å²) in [4.78, 5) is 13.5. The Kier molecular flexibility index (Phi) is 50.2. The normalized spacial score (nSPS) is 27.9. The molecule has 17 atom stereocenters. The zero-order chi connectivity index (χ0) is 66.1. The number of hydrogen-bond acceptors (Lipinski definition) is 18. The Balaban J connectivity index is 1.37. The maximum atomic E-state index is 13.5. The maximum absolute atomic E-state index is 13.5. The molecule has 0 aromatic rings. The summed E-state index contributed by atoms with van der Waals surface area (Å²) in [5.74, 6) is -0.236. The number of unbranched alkanes of at least 4 members (excludes halogenated alkanes) is 41. The number of allylic oxidation sites excluding steroid dienone is 2. The highest BCUT2D eigenvalue weighted by Crippen LogP contribution is 2.33. The summed E-state index contributed by atoms with van der Waals surface area (Å²) in [5, 5.41) is 121. The molecule has 0 spiro atoms. The largest absolute Gasteiger partial charge is 0.394 e. The highest BCUT2D eigenvalue weighted by molar-refractivity contribution is 5.76. The van der Waals surface area contributed by atoms with Gasteiger partial charge in [-0.3, -0.25) is 4.79 Å². The van der Waals surface area contributed by atoms with Crippen LogP contribution in [0.1, 0.15) is 309 Å². The molecule has 17 unspecified atom stereocenters. The smallest absolute Gasteiger partial charge is 0.220 e.